The number of aryl methyl sites for hydroxylation is 1. The van der Waals surface area contributed by atoms with Crippen LogP contribution >= 0.6 is 11.6 Å². The number of aromatic hydroxyl groups is 1. The van der Waals surface area contributed by atoms with Crippen LogP contribution in [0.15, 0.2) is 41.5 Å². The van der Waals surface area contributed by atoms with Gasteiger partial charge in [-0.2, -0.15) is 27.1 Å². The third-order valence-corrected chi connectivity index (χ3v) is 8.93. The first-order chi connectivity index (χ1) is 24.2. The van der Waals surface area contributed by atoms with Gasteiger partial charge in [-0.3, -0.25) is 14.4 Å². The van der Waals surface area contributed by atoms with E-state index in [9.17, 15) is 37.1 Å². The Bertz CT molecular complexity index is 2070. The Labute approximate surface area is 292 Å². The van der Waals surface area contributed by atoms with Crippen LogP contribution in [-0.2, 0) is 28.4 Å². The van der Waals surface area contributed by atoms with Crippen LogP contribution in [0, 0.1) is 6.92 Å². The topological polar surface area (TPSA) is 160 Å². The molecule has 19 heteroatoms. The van der Waals surface area contributed by atoms with E-state index < -0.39 is 34.2 Å². The molecule has 0 aliphatic carbocycles. The first-order valence-electron chi connectivity index (χ1n) is 15.9. The van der Waals surface area contributed by atoms with Gasteiger partial charge >= 0.3 is 11.3 Å². The summed E-state index contributed by atoms with van der Waals surface area (Å²) in [4.78, 5) is 56.6. The number of anilines is 2. The summed E-state index contributed by atoms with van der Waals surface area (Å²) in [5.74, 6) is -5.71. The van der Waals surface area contributed by atoms with Crippen molar-refractivity contribution in [3.63, 3.8) is 0 Å². The summed E-state index contributed by atoms with van der Waals surface area (Å²) < 4.78 is 62.7. The van der Waals surface area contributed by atoms with Crippen molar-refractivity contribution in [1.29, 1.82) is 0 Å². The van der Waals surface area contributed by atoms with E-state index in [4.69, 9.17) is 4.74 Å². The van der Waals surface area contributed by atoms with E-state index >= 15 is 0 Å². The molecule has 0 atom stereocenters. The number of carbonyl (C=O) groups excluding carboxylic acids is 2. The van der Waals surface area contributed by atoms with Gasteiger partial charge in [0.1, 0.15) is 18.6 Å². The molecule has 3 aromatic heterocycles. The van der Waals surface area contributed by atoms with E-state index in [1.54, 1.807) is 18.7 Å². The predicted molar refractivity (Wildman–Crippen MR) is 176 cm³/mol. The molecule has 0 spiro atoms. The van der Waals surface area contributed by atoms with E-state index in [1.165, 1.54) is 15.8 Å². The molecule has 270 valence electrons. The molecule has 2 N–H and O–H groups in total. The van der Waals surface area contributed by atoms with Gasteiger partial charge in [0.2, 0.25) is 11.7 Å². The molecule has 5 heterocycles. The minimum absolute atomic E-state index is 0.0491. The smallest absolute Gasteiger partial charge is 0.388 e. The van der Waals surface area contributed by atoms with Crippen molar-refractivity contribution < 1.29 is 37.0 Å². The second kappa shape index (κ2) is 13.9. The lowest BCUT2D eigenvalue weighted by Crippen LogP contribution is -2.51. The van der Waals surface area contributed by atoms with E-state index in [2.05, 4.69) is 37.0 Å². The van der Waals surface area contributed by atoms with Crippen molar-refractivity contribution in [2.24, 2.45) is 0 Å². The molecule has 4 aromatic rings. The van der Waals surface area contributed by atoms with Crippen molar-refractivity contribution in [2.75, 3.05) is 49.6 Å². The molecule has 1 fully saturated rings. The van der Waals surface area contributed by atoms with Gasteiger partial charge in [0.05, 0.1) is 24.6 Å². The summed E-state index contributed by atoms with van der Waals surface area (Å²) in [6.45, 7) is 4.55. The van der Waals surface area contributed by atoms with Gasteiger partial charge in [-0.1, -0.05) is 25.1 Å². The van der Waals surface area contributed by atoms with Crippen LogP contribution in [0.2, 0.25) is 0 Å². The molecule has 0 bridgehead atoms. The highest BCUT2D eigenvalue weighted by molar-refractivity contribution is 6.22. The first-order valence-corrected chi connectivity index (χ1v) is 16.3. The number of benzene rings is 1. The number of halogens is 5. The van der Waals surface area contributed by atoms with Crippen molar-refractivity contribution in [1.82, 2.24) is 34.0 Å². The SMILES string of the molecule is CCc1c(N2CCN(C(=O)c3ncnc(C)c3O)CC2)c(=O)n2nc(C3=CCOCC3)nc2n1CC(=O)Nc1ccc(C(F)(F)C(F)(F)Cl)cc1. The average Bonchev–Trinajstić information content (AvgIpc) is 3.57. The van der Waals surface area contributed by atoms with Gasteiger partial charge in [-0.15, -0.1) is 5.10 Å². The van der Waals surface area contributed by atoms with Gasteiger partial charge in [-0.25, -0.2) is 9.97 Å². The van der Waals surface area contributed by atoms with Crippen molar-refractivity contribution in [3.8, 4) is 5.75 Å². The monoisotopic (exact) mass is 733 g/mol. The molecule has 0 unspecified atom stereocenters. The van der Waals surface area contributed by atoms with Crippen LogP contribution in [0.3, 0.4) is 0 Å². The predicted octanol–water partition coefficient (Wildman–Crippen LogP) is 3.59. The van der Waals surface area contributed by atoms with Gasteiger partial charge in [0.25, 0.3) is 11.5 Å². The number of hydrogen-bond donors (Lipinski definition) is 2. The third-order valence-electron chi connectivity index (χ3n) is 8.69. The highest BCUT2D eigenvalue weighted by Crippen LogP contribution is 2.45. The zero-order valence-electron chi connectivity index (χ0n) is 27.4. The highest BCUT2D eigenvalue weighted by atomic mass is 35.5. The number of alkyl halides is 5. The highest BCUT2D eigenvalue weighted by Gasteiger charge is 2.56. The number of rotatable bonds is 9. The fourth-order valence-corrected chi connectivity index (χ4v) is 6.08. The molecule has 2 aliphatic heterocycles. The number of ether oxygens (including phenoxy) is 1. The fraction of sp³-hybridized carbons (Fsp3) is 0.406. The van der Waals surface area contributed by atoms with E-state index in [-0.39, 0.29) is 79.3 Å². The normalized spacial score (nSPS) is 15.6. The fourth-order valence-electron chi connectivity index (χ4n) is 5.97. The Kier molecular flexibility index (Phi) is 9.73. The number of nitrogens with one attached hydrogen (secondary N) is 1. The second-order valence-corrected chi connectivity index (χ2v) is 12.3. The summed E-state index contributed by atoms with van der Waals surface area (Å²) >= 11 is 4.60. The lowest BCUT2D eigenvalue weighted by Gasteiger charge is -2.36. The van der Waals surface area contributed by atoms with Crippen LogP contribution in [-0.4, -0.2) is 95.7 Å². The van der Waals surface area contributed by atoms with Gasteiger partial charge in [0.15, 0.2) is 17.3 Å². The van der Waals surface area contributed by atoms with Crippen molar-refractivity contribution in [3.05, 3.63) is 75.5 Å². The Morgan fingerprint density at radius 3 is 2.41 bits per heavy atom. The number of amides is 2. The lowest BCUT2D eigenvalue weighted by molar-refractivity contribution is -0.164. The number of fused-ring (bicyclic) bond motifs is 1. The number of nitrogens with zero attached hydrogens (tertiary/aromatic N) is 8. The maximum absolute atomic E-state index is 14.1. The molecule has 14 nitrogen and oxygen atoms in total. The zero-order valence-corrected chi connectivity index (χ0v) is 28.1. The van der Waals surface area contributed by atoms with Crippen LogP contribution < -0.4 is 15.8 Å². The molecule has 2 amide bonds. The van der Waals surface area contributed by atoms with Crippen LogP contribution in [0.1, 0.15) is 46.6 Å². The quantitative estimate of drug-likeness (QED) is 0.192. The third kappa shape index (κ3) is 6.84. The number of piperazine rings is 1. The standard InChI is InChI=1S/C32H32ClF4N9O5/c1-3-22-25(43-10-12-44(13-11-43)28(49)24-26(48)18(2)38-17-39-24)29(50)46-30(41-27(42-46)19-8-14-51-15-9-19)45(22)16-23(47)40-21-6-4-20(5-7-21)31(34,35)32(33,36)37/h4-8,17,48H,3,9-16H2,1-2H3,(H,40,47). The molecule has 1 saturated heterocycles. The molecular formula is C32H32ClF4N9O5. The first kappa shape index (κ1) is 35.7. The van der Waals surface area contributed by atoms with Crippen molar-refractivity contribution in [2.45, 2.75) is 44.5 Å². The molecule has 51 heavy (non-hydrogen) atoms. The Balaban J connectivity index is 1.32. The maximum atomic E-state index is 14.1. The largest absolute Gasteiger partial charge is 0.504 e. The van der Waals surface area contributed by atoms with Gasteiger partial charge in [0, 0.05) is 37.4 Å². The number of aromatic nitrogens is 6. The second-order valence-electron chi connectivity index (χ2n) is 11.9. The van der Waals surface area contributed by atoms with Crippen LogP contribution in [0.4, 0.5) is 28.9 Å². The average molecular weight is 734 g/mol. The van der Waals surface area contributed by atoms with Gasteiger partial charge < -0.3 is 29.5 Å². The minimum Gasteiger partial charge on any atom is -0.504 e. The lowest BCUT2D eigenvalue weighted by atomic mass is 10.1. The zero-order chi connectivity index (χ0) is 36.7. The summed E-state index contributed by atoms with van der Waals surface area (Å²) in [6, 6.07) is 3.58. The van der Waals surface area contributed by atoms with Gasteiger partial charge in [-0.05, 0) is 49.1 Å². The summed E-state index contributed by atoms with van der Waals surface area (Å²) in [5.41, 5.74) is 0.115. The maximum Gasteiger partial charge on any atom is 0.388 e. The molecule has 6 rings (SSSR count). The van der Waals surface area contributed by atoms with E-state index in [0.717, 1.165) is 34.4 Å². The molecule has 2 aliphatic rings. The molecule has 1 aromatic carbocycles. The summed E-state index contributed by atoms with van der Waals surface area (Å²) in [7, 11) is 0. The van der Waals surface area contributed by atoms with Crippen molar-refractivity contribution >= 4 is 46.1 Å². The Hall–Kier alpha value is -5.10. The Morgan fingerprint density at radius 2 is 1.78 bits per heavy atom. The van der Waals surface area contributed by atoms with E-state index in [0.29, 0.717) is 25.3 Å². The van der Waals surface area contributed by atoms with Crippen LogP contribution in [0.25, 0.3) is 11.4 Å². The Morgan fingerprint density at radius 1 is 1.08 bits per heavy atom. The number of hydrogen-bond acceptors (Lipinski definition) is 10. The van der Waals surface area contributed by atoms with E-state index in [1.807, 2.05) is 6.08 Å². The summed E-state index contributed by atoms with van der Waals surface area (Å²) in [5, 5.41) is 12.6. The molecule has 0 radical (unpaired) electrons. The number of carbonyl (C=O) groups is 2. The molecule has 0 saturated carbocycles. The minimum atomic E-state index is -4.82. The summed E-state index contributed by atoms with van der Waals surface area (Å²) in [6.07, 6.45) is 3.78. The van der Waals surface area contributed by atoms with Crippen LogP contribution in [0.5, 0.6) is 5.75 Å². The molecular weight excluding hydrogens is 702 g/mol.